The summed E-state index contributed by atoms with van der Waals surface area (Å²) in [5.74, 6) is 0. The highest BCUT2D eigenvalue weighted by atomic mass is 14.9. The topological polar surface area (TPSA) is 24.9 Å². The maximum Gasteiger partial charge on any atom is 0.0425 e. The smallest absolute Gasteiger partial charge is 0.0425 e. The van der Waals surface area contributed by atoms with Crippen LogP contribution >= 0.6 is 0 Å². The van der Waals surface area contributed by atoms with Crippen molar-refractivity contribution in [2.45, 2.75) is 20.4 Å². The van der Waals surface area contributed by atoms with Gasteiger partial charge in [-0.15, -0.1) is 0 Å². The molecule has 1 aromatic carbocycles. The summed E-state index contributed by atoms with van der Waals surface area (Å²) in [6.45, 7) is 4.89. The molecular formula is C14H16N2. The second kappa shape index (κ2) is 4.79. The van der Waals surface area contributed by atoms with Crippen molar-refractivity contribution in [3.05, 3.63) is 59.4 Å². The molecule has 0 aliphatic rings. The maximum absolute atomic E-state index is 4.45. The monoisotopic (exact) mass is 212 g/mol. The van der Waals surface area contributed by atoms with Crippen LogP contribution in [-0.2, 0) is 6.54 Å². The molecule has 16 heavy (non-hydrogen) atoms. The minimum atomic E-state index is 0.823. The first kappa shape index (κ1) is 10.7. The fraction of sp³-hybridized carbons (Fsp3) is 0.214. The number of aromatic nitrogens is 1. The fourth-order valence-electron chi connectivity index (χ4n) is 1.66. The van der Waals surface area contributed by atoms with E-state index in [9.17, 15) is 0 Å². The number of para-hydroxylation sites is 1. The first-order valence-corrected chi connectivity index (χ1v) is 5.48. The molecule has 0 atom stereocenters. The Morgan fingerprint density at radius 1 is 1.00 bits per heavy atom. The first-order valence-electron chi connectivity index (χ1n) is 5.48. The van der Waals surface area contributed by atoms with Crippen molar-refractivity contribution in [3.63, 3.8) is 0 Å². The summed E-state index contributed by atoms with van der Waals surface area (Å²) >= 11 is 0. The minimum absolute atomic E-state index is 0.823. The molecule has 0 saturated carbocycles. The summed E-state index contributed by atoms with van der Waals surface area (Å²) in [4.78, 5) is 4.45. The fourth-order valence-corrected chi connectivity index (χ4v) is 1.66. The van der Waals surface area contributed by atoms with E-state index in [0.29, 0.717) is 0 Å². The molecule has 0 amide bonds. The van der Waals surface area contributed by atoms with Crippen LogP contribution in [-0.4, -0.2) is 4.98 Å². The van der Waals surface area contributed by atoms with Gasteiger partial charge >= 0.3 is 0 Å². The van der Waals surface area contributed by atoms with E-state index in [-0.39, 0.29) is 0 Å². The van der Waals surface area contributed by atoms with Crippen molar-refractivity contribution < 1.29 is 0 Å². The molecule has 2 nitrogen and oxygen atoms in total. The predicted octanol–water partition coefficient (Wildman–Crippen LogP) is 3.31. The number of aryl methyl sites for hydroxylation is 2. The summed E-state index contributed by atoms with van der Waals surface area (Å²) in [5.41, 5.74) is 4.56. The van der Waals surface area contributed by atoms with Crippen LogP contribution < -0.4 is 5.32 Å². The van der Waals surface area contributed by atoms with E-state index >= 15 is 0 Å². The molecule has 0 aliphatic heterocycles. The molecule has 0 aliphatic carbocycles. The van der Waals surface area contributed by atoms with E-state index in [1.165, 1.54) is 5.56 Å². The molecule has 0 fully saturated rings. The van der Waals surface area contributed by atoms with Gasteiger partial charge in [-0.25, -0.2) is 0 Å². The maximum atomic E-state index is 4.45. The van der Waals surface area contributed by atoms with Crippen LogP contribution in [0.15, 0.2) is 42.5 Å². The number of benzene rings is 1. The lowest BCUT2D eigenvalue weighted by Gasteiger charge is -2.08. The zero-order chi connectivity index (χ0) is 11.4. The van der Waals surface area contributed by atoms with Crippen molar-refractivity contribution >= 4 is 5.69 Å². The van der Waals surface area contributed by atoms with Gasteiger partial charge in [-0.05, 0) is 37.6 Å². The molecular weight excluding hydrogens is 196 g/mol. The Morgan fingerprint density at radius 2 is 1.75 bits per heavy atom. The molecule has 2 aromatic rings. The average molecular weight is 212 g/mol. The summed E-state index contributed by atoms with van der Waals surface area (Å²) < 4.78 is 0. The Hall–Kier alpha value is -1.83. The largest absolute Gasteiger partial charge is 0.381 e. The first-order chi connectivity index (χ1) is 7.75. The molecule has 2 heteroatoms. The van der Waals surface area contributed by atoms with Crippen molar-refractivity contribution in [1.29, 1.82) is 0 Å². The van der Waals surface area contributed by atoms with Crippen LogP contribution in [0, 0.1) is 13.8 Å². The van der Waals surface area contributed by atoms with Crippen LogP contribution in [0.4, 0.5) is 5.69 Å². The lowest BCUT2D eigenvalue weighted by molar-refractivity contribution is 1.03. The second-order valence-corrected chi connectivity index (χ2v) is 3.92. The molecule has 0 bridgehead atoms. The van der Waals surface area contributed by atoms with E-state index < -0.39 is 0 Å². The second-order valence-electron chi connectivity index (χ2n) is 3.92. The van der Waals surface area contributed by atoms with Crippen molar-refractivity contribution in [3.8, 4) is 0 Å². The molecule has 1 heterocycles. The van der Waals surface area contributed by atoms with Gasteiger partial charge in [0, 0.05) is 23.6 Å². The quantitative estimate of drug-likeness (QED) is 0.844. The van der Waals surface area contributed by atoms with Gasteiger partial charge in [0.2, 0.25) is 0 Å². The Kier molecular flexibility index (Phi) is 3.20. The Labute approximate surface area is 96.4 Å². The molecule has 1 aromatic heterocycles. The number of nitrogens with one attached hydrogen (secondary N) is 1. The van der Waals surface area contributed by atoms with Gasteiger partial charge in [0.15, 0.2) is 0 Å². The Balaban J connectivity index is 2.05. The third-order valence-electron chi connectivity index (χ3n) is 2.59. The lowest BCUT2D eigenvalue weighted by Crippen LogP contribution is -2.02. The zero-order valence-corrected chi connectivity index (χ0v) is 9.70. The normalized spacial score (nSPS) is 10.1. The van der Waals surface area contributed by atoms with Crippen molar-refractivity contribution in [2.75, 3.05) is 5.32 Å². The van der Waals surface area contributed by atoms with Crippen LogP contribution in [0.5, 0.6) is 0 Å². The number of rotatable bonds is 3. The number of nitrogens with zero attached hydrogens (tertiary/aromatic N) is 1. The number of hydrogen-bond donors (Lipinski definition) is 1. The lowest BCUT2D eigenvalue weighted by atomic mass is 10.2. The van der Waals surface area contributed by atoms with E-state index in [2.05, 4.69) is 41.5 Å². The van der Waals surface area contributed by atoms with E-state index in [4.69, 9.17) is 0 Å². The molecule has 0 saturated heterocycles. The summed E-state index contributed by atoms with van der Waals surface area (Å²) in [6.07, 6.45) is 0. The standard InChI is InChI=1S/C14H16N2/c1-11-8-9-13(12(2)16-11)10-15-14-6-4-3-5-7-14/h3-9,15H,10H2,1-2H3. The number of anilines is 1. The van der Waals surface area contributed by atoms with Crippen molar-refractivity contribution in [2.24, 2.45) is 0 Å². The highest BCUT2D eigenvalue weighted by molar-refractivity contribution is 5.43. The summed E-state index contributed by atoms with van der Waals surface area (Å²) in [7, 11) is 0. The van der Waals surface area contributed by atoms with Crippen molar-refractivity contribution in [1.82, 2.24) is 4.98 Å². The van der Waals surface area contributed by atoms with Crippen LogP contribution in [0.3, 0.4) is 0 Å². The van der Waals surface area contributed by atoms with Gasteiger partial charge in [-0.3, -0.25) is 4.98 Å². The molecule has 0 unspecified atom stereocenters. The van der Waals surface area contributed by atoms with E-state index in [1.807, 2.05) is 25.1 Å². The Morgan fingerprint density at radius 3 is 2.44 bits per heavy atom. The van der Waals surface area contributed by atoms with Gasteiger partial charge in [-0.1, -0.05) is 24.3 Å². The van der Waals surface area contributed by atoms with Crippen LogP contribution in [0.25, 0.3) is 0 Å². The van der Waals surface area contributed by atoms with Gasteiger partial charge in [0.25, 0.3) is 0 Å². The summed E-state index contributed by atoms with van der Waals surface area (Å²) in [5, 5.41) is 3.38. The van der Waals surface area contributed by atoms with E-state index in [0.717, 1.165) is 23.6 Å². The van der Waals surface area contributed by atoms with E-state index in [1.54, 1.807) is 0 Å². The minimum Gasteiger partial charge on any atom is -0.381 e. The number of pyridine rings is 1. The van der Waals surface area contributed by atoms with Crippen LogP contribution in [0.2, 0.25) is 0 Å². The summed E-state index contributed by atoms with van der Waals surface area (Å²) in [6, 6.07) is 14.4. The molecule has 82 valence electrons. The average Bonchev–Trinajstić information content (AvgIpc) is 2.29. The van der Waals surface area contributed by atoms with Crippen LogP contribution in [0.1, 0.15) is 17.0 Å². The van der Waals surface area contributed by atoms with Gasteiger partial charge in [0.1, 0.15) is 0 Å². The highest BCUT2D eigenvalue weighted by Gasteiger charge is 1.99. The van der Waals surface area contributed by atoms with Gasteiger partial charge in [-0.2, -0.15) is 0 Å². The molecule has 2 rings (SSSR count). The third kappa shape index (κ3) is 2.60. The highest BCUT2D eigenvalue weighted by Crippen LogP contribution is 2.11. The van der Waals surface area contributed by atoms with Gasteiger partial charge in [0.05, 0.1) is 0 Å². The van der Waals surface area contributed by atoms with Gasteiger partial charge < -0.3 is 5.32 Å². The molecule has 1 N–H and O–H groups in total. The predicted molar refractivity (Wildman–Crippen MR) is 67.5 cm³/mol. The Bertz CT molecular complexity index is 463. The SMILES string of the molecule is Cc1ccc(CNc2ccccc2)c(C)n1. The molecule has 0 spiro atoms. The number of hydrogen-bond acceptors (Lipinski definition) is 2. The zero-order valence-electron chi connectivity index (χ0n) is 9.70. The third-order valence-corrected chi connectivity index (χ3v) is 2.59. The molecule has 0 radical (unpaired) electrons.